The fraction of sp³-hybridized carbons (Fsp3) is 0.500. The molecule has 0 amide bonds. The Morgan fingerprint density at radius 1 is 1.44 bits per heavy atom. The summed E-state index contributed by atoms with van der Waals surface area (Å²) in [7, 11) is 0. The van der Waals surface area contributed by atoms with Gasteiger partial charge in [-0.3, -0.25) is 0 Å². The van der Waals surface area contributed by atoms with E-state index in [0.29, 0.717) is 12.1 Å². The third-order valence-corrected chi connectivity index (χ3v) is 2.91. The van der Waals surface area contributed by atoms with E-state index < -0.39 is 6.10 Å². The van der Waals surface area contributed by atoms with Crippen molar-refractivity contribution in [1.29, 1.82) is 0 Å². The van der Waals surface area contributed by atoms with Gasteiger partial charge in [0.2, 0.25) is 0 Å². The number of aliphatic hydroxyl groups excluding tert-OH is 1. The molecule has 0 fully saturated rings. The molecule has 86 valence electrons. The van der Waals surface area contributed by atoms with E-state index in [9.17, 15) is 5.11 Å². The Morgan fingerprint density at radius 2 is 2.25 bits per heavy atom. The molecular formula is C10H14N4OS. The number of nitrogens with zero attached hydrogens (tertiary/aromatic N) is 4. The third-order valence-electron chi connectivity index (χ3n) is 2.31. The van der Waals surface area contributed by atoms with Gasteiger partial charge in [0, 0.05) is 17.8 Å². The minimum Gasteiger partial charge on any atom is -0.386 e. The Balaban J connectivity index is 2.12. The topological polar surface area (TPSA) is 63.8 Å². The van der Waals surface area contributed by atoms with E-state index in [-0.39, 0.29) is 6.04 Å². The lowest BCUT2D eigenvalue weighted by atomic mass is 10.2. The van der Waals surface area contributed by atoms with Crippen molar-refractivity contribution >= 4 is 11.3 Å². The maximum Gasteiger partial charge on any atom is 0.138 e. The maximum atomic E-state index is 9.95. The number of hydrogen-bond donors (Lipinski definition) is 1. The van der Waals surface area contributed by atoms with Crippen LogP contribution in [-0.4, -0.2) is 24.9 Å². The summed E-state index contributed by atoms with van der Waals surface area (Å²) in [5.74, 6) is 0.788. The van der Waals surface area contributed by atoms with E-state index in [1.807, 2.05) is 23.9 Å². The highest BCUT2D eigenvalue weighted by Gasteiger charge is 2.15. The molecule has 1 unspecified atom stereocenters. The Hall–Kier alpha value is -1.27. The minimum absolute atomic E-state index is 0.250. The summed E-state index contributed by atoms with van der Waals surface area (Å²) in [5, 5.41) is 15.9. The van der Waals surface area contributed by atoms with Gasteiger partial charge in [-0.15, -0.1) is 11.3 Å². The third kappa shape index (κ3) is 2.28. The SMILES string of the molecule is CC(C)n1ncnc1CC(O)c1cscn1. The van der Waals surface area contributed by atoms with Crippen LogP contribution in [0.25, 0.3) is 0 Å². The van der Waals surface area contributed by atoms with Gasteiger partial charge in [-0.1, -0.05) is 0 Å². The molecule has 0 aliphatic heterocycles. The molecule has 5 nitrogen and oxygen atoms in total. The van der Waals surface area contributed by atoms with Crippen LogP contribution in [0.3, 0.4) is 0 Å². The van der Waals surface area contributed by atoms with Crippen LogP contribution in [-0.2, 0) is 6.42 Å². The molecule has 0 aromatic carbocycles. The molecule has 0 saturated heterocycles. The second-order valence-electron chi connectivity index (χ2n) is 3.85. The largest absolute Gasteiger partial charge is 0.386 e. The molecule has 2 aromatic rings. The number of thiazole rings is 1. The van der Waals surface area contributed by atoms with Crippen LogP contribution in [0.15, 0.2) is 17.2 Å². The van der Waals surface area contributed by atoms with E-state index in [1.165, 1.54) is 17.7 Å². The van der Waals surface area contributed by atoms with Crippen LogP contribution >= 0.6 is 11.3 Å². The molecule has 1 atom stereocenters. The lowest BCUT2D eigenvalue weighted by Crippen LogP contribution is -2.12. The first-order chi connectivity index (χ1) is 7.68. The van der Waals surface area contributed by atoms with Crippen molar-refractivity contribution in [2.45, 2.75) is 32.4 Å². The van der Waals surface area contributed by atoms with Crippen LogP contribution in [0, 0.1) is 0 Å². The Bertz CT molecular complexity index is 437. The molecule has 0 aliphatic carbocycles. The van der Waals surface area contributed by atoms with Crippen molar-refractivity contribution in [2.75, 3.05) is 0 Å². The average Bonchev–Trinajstić information content (AvgIpc) is 2.86. The Morgan fingerprint density at radius 3 is 2.88 bits per heavy atom. The summed E-state index contributed by atoms with van der Waals surface area (Å²) < 4.78 is 1.82. The molecular weight excluding hydrogens is 224 g/mol. The molecule has 0 spiro atoms. The fourth-order valence-corrected chi connectivity index (χ4v) is 2.12. The average molecular weight is 238 g/mol. The molecule has 0 radical (unpaired) electrons. The van der Waals surface area contributed by atoms with Crippen molar-refractivity contribution in [3.8, 4) is 0 Å². The maximum absolute atomic E-state index is 9.95. The highest BCUT2D eigenvalue weighted by Crippen LogP contribution is 2.18. The zero-order valence-electron chi connectivity index (χ0n) is 9.24. The van der Waals surface area contributed by atoms with Crippen molar-refractivity contribution in [2.24, 2.45) is 0 Å². The van der Waals surface area contributed by atoms with Crippen molar-refractivity contribution in [3.63, 3.8) is 0 Å². The van der Waals surface area contributed by atoms with Gasteiger partial charge in [-0.25, -0.2) is 14.6 Å². The second kappa shape index (κ2) is 4.71. The molecule has 2 rings (SSSR count). The lowest BCUT2D eigenvalue weighted by molar-refractivity contribution is 0.169. The lowest BCUT2D eigenvalue weighted by Gasteiger charge is -2.11. The van der Waals surface area contributed by atoms with Gasteiger partial charge in [0.25, 0.3) is 0 Å². The van der Waals surface area contributed by atoms with Gasteiger partial charge in [0.05, 0.1) is 11.2 Å². The highest BCUT2D eigenvalue weighted by molar-refractivity contribution is 7.07. The molecule has 2 heterocycles. The number of hydrogen-bond acceptors (Lipinski definition) is 5. The van der Waals surface area contributed by atoms with E-state index in [2.05, 4.69) is 15.1 Å². The van der Waals surface area contributed by atoms with E-state index in [4.69, 9.17) is 0 Å². The van der Waals surface area contributed by atoms with Crippen molar-refractivity contribution in [1.82, 2.24) is 19.7 Å². The van der Waals surface area contributed by atoms with Crippen LogP contribution in [0.1, 0.15) is 37.5 Å². The normalized spacial score (nSPS) is 13.2. The highest BCUT2D eigenvalue weighted by atomic mass is 32.1. The molecule has 0 bridgehead atoms. The van der Waals surface area contributed by atoms with Gasteiger partial charge in [0.15, 0.2) is 0 Å². The molecule has 1 N–H and O–H groups in total. The number of aromatic nitrogens is 4. The standard InChI is InChI=1S/C10H14N4OS/c1-7(2)14-10(11-5-13-14)3-9(15)8-4-16-6-12-8/h4-7,9,15H,3H2,1-2H3. The molecule has 0 saturated carbocycles. The quantitative estimate of drug-likeness (QED) is 0.878. The first-order valence-corrected chi connectivity index (χ1v) is 6.07. The molecule has 2 aromatic heterocycles. The van der Waals surface area contributed by atoms with Crippen LogP contribution in [0.2, 0.25) is 0 Å². The summed E-state index contributed by atoms with van der Waals surface area (Å²) >= 11 is 1.48. The summed E-state index contributed by atoms with van der Waals surface area (Å²) in [6.07, 6.45) is 1.36. The summed E-state index contributed by atoms with van der Waals surface area (Å²) in [5.41, 5.74) is 2.41. The summed E-state index contributed by atoms with van der Waals surface area (Å²) in [6.45, 7) is 4.07. The zero-order valence-corrected chi connectivity index (χ0v) is 10.1. The number of aliphatic hydroxyl groups is 1. The van der Waals surface area contributed by atoms with Crippen molar-refractivity contribution in [3.05, 3.63) is 28.7 Å². The first-order valence-electron chi connectivity index (χ1n) is 5.13. The molecule has 16 heavy (non-hydrogen) atoms. The van der Waals surface area contributed by atoms with E-state index >= 15 is 0 Å². The van der Waals surface area contributed by atoms with Crippen molar-refractivity contribution < 1.29 is 5.11 Å². The van der Waals surface area contributed by atoms with Gasteiger partial charge >= 0.3 is 0 Å². The molecule has 6 heteroatoms. The Labute approximate surface area is 97.8 Å². The minimum atomic E-state index is -0.604. The molecule has 0 aliphatic rings. The monoisotopic (exact) mass is 238 g/mol. The van der Waals surface area contributed by atoms with Gasteiger partial charge < -0.3 is 5.11 Å². The van der Waals surface area contributed by atoms with Gasteiger partial charge in [0.1, 0.15) is 18.3 Å². The Kier molecular flexibility index (Phi) is 3.31. The fourth-order valence-electron chi connectivity index (χ4n) is 1.52. The first kappa shape index (κ1) is 11.2. The van der Waals surface area contributed by atoms with Gasteiger partial charge in [-0.2, -0.15) is 5.10 Å². The zero-order chi connectivity index (χ0) is 11.5. The van der Waals surface area contributed by atoms with Gasteiger partial charge in [-0.05, 0) is 13.8 Å². The predicted octanol–water partition coefficient (Wildman–Crippen LogP) is 1.59. The predicted molar refractivity (Wildman–Crippen MR) is 61.2 cm³/mol. The van der Waals surface area contributed by atoms with Crippen LogP contribution < -0.4 is 0 Å². The summed E-state index contributed by atoms with van der Waals surface area (Å²) in [4.78, 5) is 8.24. The smallest absolute Gasteiger partial charge is 0.138 e. The number of rotatable bonds is 4. The second-order valence-corrected chi connectivity index (χ2v) is 4.57. The van der Waals surface area contributed by atoms with E-state index in [0.717, 1.165) is 5.82 Å². The van der Waals surface area contributed by atoms with E-state index in [1.54, 1.807) is 5.51 Å². The summed E-state index contributed by atoms with van der Waals surface area (Å²) in [6, 6.07) is 0.250. The van der Waals surface area contributed by atoms with Crippen LogP contribution in [0.4, 0.5) is 0 Å². The van der Waals surface area contributed by atoms with Crippen LogP contribution in [0.5, 0.6) is 0 Å².